The monoisotopic (exact) mass is 506 g/mol. The number of carbonyl (C=O) groups is 2. The first-order chi connectivity index (χ1) is 17.4. The summed E-state index contributed by atoms with van der Waals surface area (Å²) in [6.07, 6.45) is 2.78. The molecule has 0 aromatic heterocycles. The van der Waals surface area contributed by atoms with Crippen LogP contribution in [0.4, 0.5) is 11.4 Å². The number of amides is 2. The minimum absolute atomic E-state index is 0.117. The summed E-state index contributed by atoms with van der Waals surface area (Å²) in [5.41, 5.74) is 4.78. The van der Waals surface area contributed by atoms with Gasteiger partial charge in [0.05, 0.1) is 28.3 Å². The van der Waals surface area contributed by atoms with Gasteiger partial charge in [0.25, 0.3) is 21.8 Å². The molecule has 0 fully saturated rings. The van der Waals surface area contributed by atoms with Gasteiger partial charge in [0.1, 0.15) is 5.75 Å². The lowest BCUT2D eigenvalue weighted by molar-refractivity contribution is 0.0653. The minimum atomic E-state index is -3.74. The predicted molar refractivity (Wildman–Crippen MR) is 138 cm³/mol. The molecule has 0 saturated carbocycles. The molecule has 1 aliphatic rings. The van der Waals surface area contributed by atoms with Crippen molar-refractivity contribution < 1.29 is 22.7 Å². The van der Waals surface area contributed by atoms with E-state index in [0.717, 1.165) is 0 Å². The number of nitrogens with zero attached hydrogens (tertiary/aromatic N) is 2. The molecular formula is C26H26N4O5S. The smallest absolute Gasteiger partial charge is 0.261 e. The number of carbonyl (C=O) groups excluding carboxylic acids is 2. The number of hydrogen-bond donors (Lipinski definition) is 2. The van der Waals surface area contributed by atoms with Gasteiger partial charge >= 0.3 is 0 Å². The van der Waals surface area contributed by atoms with E-state index in [-0.39, 0.29) is 16.7 Å². The number of fused-ring (bicyclic) bond motifs is 1. The number of rotatable bonds is 11. The molecule has 9 nitrogen and oxygen atoms in total. The lowest BCUT2D eigenvalue weighted by atomic mass is 10.1. The maximum Gasteiger partial charge on any atom is 0.261 e. The largest absolute Gasteiger partial charge is 0.494 e. The maximum atomic E-state index is 12.6. The SMILES string of the molecule is CCOc1ccc(NS(=O)(=O)c2ccc(NN=CCCCN3C(=O)c4ccccc4C3=O)cc2)cc1. The quantitative estimate of drug-likeness (QED) is 0.173. The molecule has 0 unspecified atom stereocenters. The highest BCUT2D eigenvalue weighted by molar-refractivity contribution is 7.92. The molecular weight excluding hydrogens is 480 g/mol. The fourth-order valence-electron chi connectivity index (χ4n) is 3.68. The molecule has 0 aliphatic carbocycles. The van der Waals surface area contributed by atoms with Gasteiger partial charge in [-0.15, -0.1) is 0 Å². The summed E-state index contributed by atoms with van der Waals surface area (Å²) in [5.74, 6) is 0.135. The molecule has 3 aromatic carbocycles. The van der Waals surface area contributed by atoms with Gasteiger partial charge in [0.15, 0.2) is 0 Å². The highest BCUT2D eigenvalue weighted by Crippen LogP contribution is 2.23. The molecule has 0 atom stereocenters. The third-order valence-corrected chi connectivity index (χ3v) is 6.86. The van der Waals surface area contributed by atoms with Gasteiger partial charge in [-0.1, -0.05) is 12.1 Å². The summed E-state index contributed by atoms with van der Waals surface area (Å²) < 4.78 is 33.2. The van der Waals surface area contributed by atoms with Gasteiger partial charge < -0.3 is 4.74 Å². The van der Waals surface area contributed by atoms with Gasteiger partial charge in [-0.25, -0.2) is 8.42 Å². The van der Waals surface area contributed by atoms with E-state index in [9.17, 15) is 18.0 Å². The van der Waals surface area contributed by atoms with E-state index >= 15 is 0 Å². The van der Waals surface area contributed by atoms with E-state index in [0.29, 0.717) is 54.2 Å². The number of imide groups is 1. The van der Waals surface area contributed by atoms with Crippen molar-refractivity contribution in [2.75, 3.05) is 23.3 Å². The number of ether oxygens (including phenoxy) is 1. The van der Waals surface area contributed by atoms with Crippen molar-refractivity contribution in [1.29, 1.82) is 0 Å². The number of unbranched alkanes of at least 4 members (excludes halogenated alkanes) is 1. The highest BCUT2D eigenvalue weighted by atomic mass is 32.2. The lowest BCUT2D eigenvalue weighted by Crippen LogP contribution is -2.30. The highest BCUT2D eigenvalue weighted by Gasteiger charge is 2.34. The molecule has 0 saturated heterocycles. The van der Waals surface area contributed by atoms with Crippen LogP contribution in [-0.4, -0.2) is 44.5 Å². The summed E-state index contributed by atoms with van der Waals surface area (Å²) in [7, 11) is -3.74. The normalized spacial score (nSPS) is 13.2. The van der Waals surface area contributed by atoms with Crippen LogP contribution in [0.2, 0.25) is 0 Å². The fraction of sp³-hybridized carbons (Fsp3) is 0.192. The van der Waals surface area contributed by atoms with Crippen molar-refractivity contribution in [3.8, 4) is 5.75 Å². The Morgan fingerprint density at radius 3 is 2.11 bits per heavy atom. The van der Waals surface area contributed by atoms with E-state index in [1.165, 1.54) is 17.0 Å². The lowest BCUT2D eigenvalue weighted by Gasteiger charge is -2.12. The molecule has 36 heavy (non-hydrogen) atoms. The summed E-state index contributed by atoms with van der Waals surface area (Å²) >= 11 is 0. The Labute approximate surface area is 209 Å². The number of benzene rings is 3. The molecule has 0 radical (unpaired) electrons. The first-order valence-electron chi connectivity index (χ1n) is 11.5. The van der Waals surface area contributed by atoms with Crippen LogP contribution in [0.1, 0.15) is 40.5 Å². The van der Waals surface area contributed by atoms with Crippen molar-refractivity contribution in [3.05, 3.63) is 83.9 Å². The number of hydrazone groups is 1. The molecule has 1 aliphatic heterocycles. The zero-order chi connectivity index (χ0) is 25.5. The van der Waals surface area contributed by atoms with Crippen LogP contribution < -0.4 is 14.9 Å². The van der Waals surface area contributed by atoms with Crippen LogP contribution in [-0.2, 0) is 10.0 Å². The van der Waals surface area contributed by atoms with Crippen LogP contribution in [0.15, 0.2) is 82.8 Å². The van der Waals surface area contributed by atoms with E-state index < -0.39 is 10.0 Å². The molecule has 2 N–H and O–H groups in total. The second kappa shape index (κ2) is 11.0. The predicted octanol–water partition coefficient (Wildman–Crippen LogP) is 4.36. The number of sulfonamides is 1. The van der Waals surface area contributed by atoms with Crippen molar-refractivity contribution in [2.24, 2.45) is 5.10 Å². The molecule has 10 heteroatoms. The summed E-state index contributed by atoms with van der Waals surface area (Å²) in [6, 6.07) is 19.7. The van der Waals surface area contributed by atoms with Crippen LogP contribution >= 0.6 is 0 Å². The summed E-state index contributed by atoms with van der Waals surface area (Å²) in [6.45, 7) is 2.72. The summed E-state index contributed by atoms with van der Waals surface area (Å²) in [5, 5.41) is 4.13. The van der Waals surface area contributed by atoms with Crippen molar-refractivity contribution in [1.82, 2.24) is 4.90 Å². The number of anilines is 2. The third kappa shape index (κ3) is 5.72. The topological polar surface area (TPSA) is 117 Å². The van der Waals surface area contributed by atoms with Crippen LogP contribution in [0.25, 0.3) is 0 Å². The molecule has 3 aromatic rings. The first kappa shape index (κ1) is 24.9. The Balaban J connectivity index is 1.24. The Bertz CT molecular complexity index is 1340. The minimum Gasteiger partial charge on any atom is -0.494 e. The third-order valence-electron chi connectivity index (χ3n) is 5.46. The van der Waals surface area contributed by atoms with E-state index in [1.807, 2.05) is 6.92 Å². The maximum absolute atomic E-state index is 12.6. The van der Waals surface area contributed by atoms with E-state index in [1.54, 1.807) is 66.9 Å². The Morgan fingerprint density at radius 2 is 1.50 bits per heavy atom. The summed E-state index contributed by atoms with van der Waals surface area (Å²) in [4.78, 5) is 26.1. The van der Waals surface area contributed by atoms with Crippen LogP contribution in [0.3, 0.4) is 0 Å². The van der Waals surface area contributed by atoms with Crippen molar-refractivity contribution in [2.45, 2.75) is 24.7 Å². The Kier molecular flexibility index (Phi) is 7.65. The zero-order valence-corrected chi connectivity index (χ0v) is 20.5. The number of hydrogen-bond acceptors (Lipinski definition) is 7. The van der Waals surface area contributed by atoms with Crippen molar-refractivity contribution in [3.63, 3.8) is 0 Å². The second-order valence-corrected chi connectivity index (χ2v) is 9.64. The van der Waals surface area contributed by atoms with Gasteiger partial charge in [-0.05, 0) is 80.4 Å². The van der Waals surface area contributed by atoms with Crippen LogP contribution in [0.5, 0.6) is 5.75 Å². The van der Waals surface area contributed by atoms with Crippen LogP contribution in [0, 0.1) is 0 Å². The Hall–Kier alpha value is -4.18. The first-order valence-corrected chi connectivity index (χ1v) is 13.0. The van der Waals surface area contributed by atoms with Gasteiger partial charge in [0.2, 0.25) is 0 Å². The fourth-order valence-corrected chi connectivity index (χ4v) is 4.73. The van der Waals surface area contributed by atoms with Gasteiger partial charge in [-0.3, -0.25) is 24.6 Å². The van der Waals surface area contributed by atoms with E-state index in [4.69, 9.17) is 4.74 Å². The molecule has 0 spiro atoms. The molecule has 0 bridgehead atoms. The standard InChI is InChI=1S/C26H26N4O5S/c1-2-35-21-13-9-20(10-14-21)29-36(33,34)22-15-11-19(12-16-22)28-27-17-5-6-18-30-25(31)23-7-3-4-8-24(23)26(30)32/h3-4,7-17,28-29H,2,5-6,18H2,1H3. The Morgan fingerprint density at radius 1 is 0.889 bits per heavy atom. The van der Waals surface area contributed by atoms with Crippen molar-refractivity contribution >= 4 is 39.4 Å². The molecule has 1 heterocycles. The molecule has 2 amide bonds. The van der Waals surface area contributed by atoms with Gasteiger partial charge in [0, 0.05) is 18.4 Å². The average Bonchev–Trinajstić information content (AvgIpc) is 3.12. The molecule has 4 rings (SSSR count). The average molecular weight is 507 g/mol. The number of nitrogens with one attached hydrogen (secondary N) is 2. The zero-order valence-electron chi connectivity index (χ0n) is 19.7. The second-order valence-electron chi connectivity index (χ2n) is 7.96. The van der Waals surface area contributed by atoms with Gasteiger partial charge in [-0.2, -0.15) is 5.10 Å². The molecule has 186 valence electrons. The van der Waals surface area contributed by atoms with E-state index in [2.05, 4.69) is 15.2 Å².